The average Bonchev–Trinajstić information content (AvgIpc) is 2.33. The summed E-state index contributed by atoms with van der Waals surface area (Å²) in [6, 6.07) is 5.41. The van der Waals surface area contributed by atoms with E-state index in [9.17, 15) is 4.79 Å². The molecule has 1 aromatic carbocycles. The van der Waals surface area contributed by atoms with Crippen LogP contribution in [0, 0.1) is 0 Å². The van der Waals surface area contributed by atoms with Gasteiger partial charge in [-0.1, -0.05) is 18.0 Å². The predicted molar refractivity (Wildman–Crippen MR) is 72.6 cm³/mol. The second-order valence-corrected chi connectivity index (χ2v) is 4.41. The molecule has 0 bridgehead atoms. The Morgan fingerprint density at radius 1 is 1.39 bits per heavy atom. The molecule has 4 nitrogen and oxygen atoms in total. The molecule has 0 amide bonds. The number of benzene rings is 1. The summed E-state index contributed by atoms with van der Waals surface area (Å²) in [7, 11) is 1.61. The number of carboxylic acid groups (broad SMARTS) is 1. The van der Waals surface area contributed by atoms with Gasteiger partial charge in [0.15, 0.2) is 0 Å². The SMILES string of the molecule is COc1ccc(Cl)cc1NCCCCCC(=O)O. The van der Waals surface area contributed by atoms with Crippen molar-refractivity contribution in [2.24, 2.45) is 0 Å². The van der Waals surface area contributed by atoms with Crippen molar-refractivity contribution in [3.63, 3.8) is 0 Å². The summed E-state index contributed by atoms with van der Waals surface area (Å²) in [6.07, 6.45) is 2.76. The van der Waals surface area contributed by atoms with E-state index in [1.165, 1.54) is 0 Å². The molecule has 0 fully saturated rings. The second kappa shape index (κ2) is 7.82. The van der Waals surface area contributed by atoms with Crippen molar-refractivity contribution in [1.82, 2.24) is 0 Å². The first-order chi connectivity index (χ1) is 8.63. The monoisotopic (exact) mass is 271 g/mol. The molecule has 1 aromatic rings. The zero-order chi connectivity index (χ0) is 13.4. The molecule has 100 valence electrons. The van der Waals surface area contributed by atoms with Crippen molar-refractivity contribution in [3.8, 4) is 5.75 Å². The van der Waals surface area contributed by atoms with Crippen LogP contribution in [-0.4, -0.2) is 24.7 Å². The molecule has 0 saturated carbocycles. The summed E-state index contributed by atoms with van der Waals surface area (Å²) < 4.78 is 5.21. The lowest BCUT2D eigenvalue weighted by atomic mass is 10.2. The first-order valence-electron chi connectivity index (χ1n) is 5.92. The Morgan fingerprint density at radius 3 is 2.83 bits per heavy atom. The van der Waals surface area contributed by atoms with Crippen LogP contribution in [0.5, 0.6) is 5.75 Å². The minimum Gasteiger partial charge on any atom is -0.495 e. The highest BCUT2D eigenvalue weighted by Gasteiger charge is 2.03. The van der Waals surface area contributed by atoms with Gasteiger partial charge in [-0.2, -0.15) is 0 Å². The van der Waals surface area contributed by atoms with E-state index in [0.29, 0.717) is 11.4 Å². The van der Waals surface area contributed by atoms with Gasteiger partial charge in [0.25, 0.3) is 0 Å². The van der Waals surface area contributed by atoms with Crippen LogP contribution in [0.15, 0.2) is 18.2 Å². The van der Waals surface area contributed by atoms with Gasteiger partial charge < -0.3 is 15.2 Å². The van der Waals surface area contributed by atoms with Crippen molar-refractivity contribution in [1.29, 1.82) is 0 Å². The quantitative estimate of drug-likeness (QED) is 0.712. The van der Waals surface area contributed by atoms with E-state index >= 15 is 0 Å². The number of carboxylic acids is 1. The van der Waals surface area contributed by atoms with Crippen molar-refractivity contribution in [2.45, 2.75) is 25.7 Å². The van der Waals surface area contributed by atoms with Crippen molar-refractivity contribution >= 4 is 23.3 Å². The Morgan fingerprint density at radius 2 is 2.17 bits per heavy atom. The van der Waals surface area contributed by atoms with Gasteiger partial charge in [0.05, 0.1) is 12.8 Å². The summed E-state index contributed by atoms with van der Waals surface area (Å²) in [5.74, 6) is 0.0180. The fraction of sp³-hybridized carbons (Fsp3) is 0.462. The maximum absolute atomic E-state index is 10.3. The largest absolute Gasteiger partial charge is 0.495 e. The Hall–Kier alpha value is -1.42. The molecular formula is C13H18ClNO3. The smallest absolute Gasteiger partial charge is 0.303 e. The predicted octanol–water partition coefficient (Wildman–Crippen LogP) is 3.41. The first kappa shape index (κ1) is 14.6. The van der Waals surface area contributed by atoms with Gasteiger partial charge in [-0.25, -0.2) is 0 Å². The number of carbonyl (C=O) groups is 1. The van der Waals surface area contributed by atoms with E-state index in [-0.39, 0.29) is 6.42 Å². The Balaban J connectivity index is 2.30. The zero-order valence-corrected chi connectivity index (χ0v) is 11.2. The summed E-state index contributed by atoms with van der Waals surface area (Å²) in [5.41, 5.74) is 0.864. The van der Waals surface area contributed by atoms with E-state index in [1.807, 2.05) is 12.1 Å². The van der Waals surface area contributed by atoms with Crippen LogP contribution >= 0.6 is 11.6 Å². The van der Waals surface area contributed by atoms with Crippen LogP contribution in [0.3, 0.4) is 0 Å². The number of unbranched alkanes of at least 4 members (excludes halogenated alkanes) is 2. The van der Waals surface area contributed by atoms with E-state index in [2.05, 4.69) is 5.32 Å². The van der Waals surface area contributed by atoms with E-state index in [1.54, 1.807) is 13.2 Å². The molecule has 0 aliphatic rings. The Bertz CT molecular complexity index is 396. The fourth-order valence-electron chi connectivity index (χ4n) is 1.62. The van der Waals surface area contributed by atoms with Gasteiger partial charge in [0.2, 0.25) is 0 Å². The maximum Gasteiger partial charge on any atom is 0.303 e. The standard InChI is InChI=1S/C13H18ClNO3/c1-18-12-7-6-10(14)9-11(12)15-8-4-2-3-5-13(16)17/h6-7,9,15H,2-5,8H2,1H3,(H,16,17). The number of anilines is 1. The summed E-state index contributed by atoms with van der Waals surface area (Å²) in [4.78, 5) is 10.3. The average molecular weight is 272 g/mol. The third-order valence-corrected chi connectivity index (χ3v) is 2.78. The van der Waals surface area contributed by atoms with Gasteiger partial charge in [0.1, 0.15) is 5.75 Å². The fourth-order valence-corrected chi connectivity index (χ4v) is 1.79. The normalized spacial score (nSPS) is 10.1. The Kier molecular flexibility index (Phi) is 6.36. The lowest BCUT2D eigenvalue weighted by Gasteiger charge is -2.11. The van der Waals surface area contributed by atoms with Gasteiger partial charge in [-0.3, -0.25) is 4.79 Å². The van der Waals surface area contributed by atoms with Crippen LogP contribution in [0.25, 0.3) is 0 Å². The zero-order valence-electron chi connectivity index (χ0n) is 10.4. The minimum atomic E-state index is -0.737. The maximum atomic E-state index is 10.3. The molecule has 0 aromatic heterocycles. The number of hydrogen-bond donors (Lipinski definition) is 2. The lowest BCUT2D eigenvalue weighted by molar-refractivity contribution is -0.137. The van der Waals surface area contributed by atoms with E-state index in [0.717, 1.165) is 30.8 Å². The summed E-state index contributed by atoms with van der Waals surface area (Å²) in [5, 5.41) is 12.4. The third-order valence-electron chi connectivity index (χ3n) is 2.54. The third kappa shape index (κ3) is 5.27. The van der Waals surface area contributed by atoms with E-state index in [4.69, 9.17) is 21.4 Å². The van der Waals surface area contributed by atoms with Crippen molar-refractivity contribution in [2.75, 3.05) is 19.0 Å². The number of rotatable bonds is 8. The summed E-state index contributed by atoms with van der Waals surface area (Å²) >= 11 is 5.91. The van der Waals surface area contributed by atoms with Gasteiger partial charge in [0, 0.05) is 18.0 Å². The molecule has 0 unspecified atom stereocenters. The van der Waals surface area contributed by atoms with Crippen molar-refractivity contribution in [3.05, 3.63) is 23.2 Å². The molecule has 0 aliphatic heterocycles. The van der Waals surface area contributed by atoms with Crippen LogP contribution < -0.4 is 10.1 Å². The van der Waals surface area contributed by atoms with Gasteiger partial charge >= 0.3 is 5.97 Å². The molecule has 0 radical (unpaired) electrons. The molecule has 1 rings (SSSR count). The highest BCUT2D eigenvalue weighted by molar-refractivity contribution is 6.30. The summed E-state index contributed by atoms with van der Waals surface area (Å²) in [6.45, 7) is 0.774. The lowest BCUT2D eigenvalue weighted by Crippen LogP contribution is -2.03. The molecule has 0 atom stereocenters. The number of hydrogen-bond acceptors (Lipinski definition) is 3. The first-order valence-corrected chi connectivity index (χ1v) is 6.30. The number of ether oxygens (including phenoxy) is 1. The Labute approximate surface area is 112 Å². The molecule has 18 heavy (non-hydrogen) atoms. The molecule has 2 N–H and O–H groups in total. The van der Waals surface area contributed by atoms with Crippen LogP contribution in [-0.2, 0) is 4.79 Å². The van der Waals surface area contributed by atoms with Crippen LogP contribution in [0.1, 0.15) is 25.7 Å². The number of methoxy groups -OCH3 is 1. The second-order valence-electron chi connectivity index (χ2n) is 3.98. The highest BCUT2D eigenvalue weighted by atomic mass is 35.5. The molecule has 0 saturated heterocycles. The number of halogens is 1. The molecule has 5 heteroatoms. The highest BCUT2D eigenvalue weighted by Crippen LogP contribution is 2.27. The van der Waals surface area contributed by atoms with Crippen LogP contribution in [0.4, 0.5) is 5.69 Å². The van der Waals surface area contributed by atoms with E-state index < -0.39 is 5.97 Å². The van der Waals surface area contributed by atoms with Gasteiger partial charge in [-0.05, 0) is 31.0 Å². The minimum absolute atomic E-state index is 0.237. The number of aliphatic carboxylic acids is 1. The van der Waals surface area contributed by atoms with Gasteiger partial charge in [-0.15, -0.1) is 0 Å². The molecule has 0 aliphatic carbocycles. The molecule has 0 heterocycles. The van der Waals surface area contributed by atoms with Crippen molar-refractivity contribution < 1.29 is 14.6 Å². The number of nitrogens with one attached hydrogen (secondary N) is 1. The molecular weight excluding hydrogens is 254 g/mol. The molecule has 0 spiro atoms. The topological polar surface area (TPSA) is 58.6 Å². The van der Waals surface area contributed by atoms with Crippen LogP contribution in [0.2, 0.25) is 5.02 Å².